The number of amides is 2. The zero-order valence-electron chi connectivity index (χ0n) is 15.0. The van der Waals surface area contributed by atoms with Gasteiger partial charge in [-0.15, -0.1) is 0 Å². The summed E-state index contributed by atoms with van der Waals surface area (Å²) in [6.45, 7) is 3.09. The number of carbonyl (C=O) groups is 1. The highest BCUT2D eigenvalue weighted by molar-refractivity contribution is 5.90. The largest absolute Gasteiger partial charge is 0.454 e. The van der Waals surface area contributed by atoms with Crippen LogP contribution in [0.2, 0.25) is 0 Å². The molecule has 0 aromatic heterocycles. The molecule has 0 bridgehead atoms. The van der Waals surface area contributed by atoms with E-state index in [2.05, 4.69) is 36.5 Å². The highest BCUT2D eigenvalue weighted by Crippen LogP contribution is 2.35. The number of rotatable bonds is 2. The number of urea groups is 1. The van der Waals surface area contributed by atoms with Crippen LogP contribution in [0.1, 0.15) is 42.9 Å². The second kappa shape index (κ2) is 7.28. The van der Waals surface area contributed by atoms with Crippen molar-refractivity contribution in [1.29, 1.82) is 0 Å². The first-order chi connectivity index (χ1) is 12.7. The summed E-state index contributed by atoms with van der Waals surface area (Å²) in [5.74, 6) is 1.39. The van der Waals surface area contributed by atoms with Crippen LogP contribution in [0.25, 0.3) is 0 Å². The van der Waals surface area contributed by atoms with Gasteiger partial charge < -0.3 is 19.7 Å². The Kier molecular flexibility index (Phi) is 4.69. The van der Waals surface area contributed by atoms with Crippen molar-refractivity contribution in [3.05, 3.63) is 53.6 Å². The molecule has 2 aliphatic rings. The van der Waals surface area contributed by atoms with Gasteiger partial charge in [0, 0.05) is 18.3 Å². The quantitative estimate of drug-likeness (QED) is 0.838. The molecule has 2 amide bonds. The van der Waals surface area contributed by atoms with Gasteiger partial charge in [-0.05, 0) is 37.5 Å². The minimum Gasteiger partial charge on any atom is -0.454 e. The van der Waals surface area contributed by atoms with Gasteiger partial charge in [0.1, 0.15) is 0 Å². The standard InChI is InChI=1S/C21H24N2O3/c1-15-6-8-16(9-7-15)18-5-3-2-4-12-23(18)21(24)22-17-10-11-19-20(13-17)26-14-25-19/h6-11,13,18H,2-5,12,14H2,1H3,(H,22,24)/t18-/m1/s1. The van der Waals surface area contributed by atoms with E-state index in [-0.39, 0.29) is 18.9 Å². The lowest BCUT2D eigenvalue weighted by Gasteiger charge is -2.30. The number of hydrogen-bond acceptors (Lipinski definition) is 3. The molecular formula is C21H24N2O3. The number of fused-ring (bicyclic) bond motifs is 1. The average molecular weight is 352 g/mol. The second-order valence-electron chi connectivity index (χ2n) is 6.97. The molecule has 2 aliphatic heterocycles. The van der Waals surface area contributed by atoms with Crippen LogP contribution in [0.5, 0.6) is 11.5 Å². The first-order valence-electron chi connectivity index (χ1n) is 9.24. The van der Waals surface area contributed by atoms with Gasteiger partial charge in [-0.3, -0.25) is 0 Å². The van der Waals surface area contributed by atoms with E-state index in [0.717, 1.165) is 43.7 Å². The molecule has 0 radical (unpaired) electrons. The van der Waals surface area contributed by atoms with Crippen molar-refractivity contribution in [3.8, 4) is 11.5 Å². The summed E-state index contributed by atoms with van der Waals surface area (Å²) in [6, 6.07) is 14.1. The van der Waals surface area contributed by atoms with E-state index >= 15 is 0 Å². The number of hydrogen-bond donors (Lipinski definition) is 1. The number of carbonyl (C=O) groups excluding carboxylic acids is 1. The Morgan fingerprint density at radius 2 is 1.85 bits per heavy atom. The van der Waals surface area contributed by atoms with E-state index in [0.29, 0.717) is 5.75 Å². The molecular weight excluding hydrogens is 328 g/mol. The third-order valence-electron chi connectivity index (χ3n) is 5.10. The molecule has 2 aromatic rings. The summed E-state index contributed by atoms with van der Waals surface area (Å²) in [5.41, 5.74) is 3.17. The molecule has 0 saturated carbocycles. The molecule has 26 heavy (non-hydrogen) atoms. The molecule has 4 rings (SSSR count). The third kappa shape index (κ3) is 3.47. The van der Waals surface area contributed by atoms with Crippen molar-refractivity contribution in [2.75, 3.05) is 18.7 Å². The van der Waals surface area contributed by atoms with E-state index in [1.807, 2.05) is 23.1 Å². The van der Waals surface area contributed by atoms with Gasteiger partial charge in [0.25, 0.3) is 0 Å². The van der Waals surface area contributed by atoms with Crippen LogP contribution < -0.4 is 14.8 Å². The van der Waals surface area contributed by atoms with E-state index in [1.165, 1.54) is 11.1 Å². The fourth-order valence-electron chi connectivity index (χ4n) is 3.66. The molecule has 1 saturated heterocycles. The molecule has 5 heteroatoms. The lowest BCUT2D eigenvalue weighted by Crippen LogP contribution is -2.38. The van der Waals surface area contributed by atoms with Gasteiger partial charge in [-0.25, -0.2) is 4.79 Å². The van der Waals surface area contributed by atoms with Crippen LogP contribution in [-0.2, 0) is 0 Å². The van der Waals surface area contributed by atoms with Crippen molar-refractivity contribution in [1.82, 2.24) is 4.90 Å². The first-order valence-corrected chi connectivity index (χ1v) is 9.24. The van der Waals surface area contributed by atoms with Gasteiger partial charge in [0.2, 0.25) is 6.79 Å². The van der Waals surface area contributed by atoms with Gasteiger partial charge in [0.05, 0.1) is 6.04 Å². The average Bonchev–Trinajstić information content (AvgIpc) is 2.97. The summed E-state index contributed by atoms with van der Waals surface area (Å²) < 4.78 is 10.7. The van der Waals surface area contributed by atoms with E-state index in [9.17, 15) is 4.79 Å². The number of ether oxygens (including phenoxy) is 2. The van der Waals surface area contributed by atoms with Crippen molar-refractivity contribution in [3.63, 3.8) is 0 Å². The van der Waals surface area contributed by atoms with E-state index < -0.39 is 0 Å². The van der Waals surface area contributed by atoms with Gasteiger partial charge in [-0.2, -0.15) is 0 Å². The monoisotopic (exact) mass is 352 g/mol. The van der Waals surface area contributed by atoms with E-state index in [4.69, 9.17) is 9.47 Å². The lowest BCUT2D eigenvalue weighted by atomic mass is 10.00. The maximum Gasteiger partial charge on any atom is 0.322 e. The smallest absolute Gasteiger partial charge is 0.322 e. The van der Waals surface area contributed by atoms with Gasteiger partial charge in [-0.1, -0.05) is 42.7 Å². The minimum absolute atomic E-state index is 0.0589. The van der Waals surface area contributed by atoms with Crippen molar-refractivity contribution in [2.45, 2.75) is 38.6 Å². The molecule has 2 heterocycles. The van der Waals surface area contributed by atoms with E-state index in [1.54, 1.807) is 0 Å². The topological polar surface area (TPSA) is 50.8 Å². The maximum atomic E-state index is 13.0. The molecule has 0 unspecified atom stereocenters. The van der Waals surface area contributed by atoms with Gasteiger partial charge in [0.15, 0.2) is 11.5 Å². The Morgan fingerprint density at radius 1 is 1.04 bits per heavy atom. The van der Waals surface area contributed by atoms with Crippen molar-refractivity contribution >= 4 is 11.7 Å². The number of likely N-dealkylation sites (tertiary alicyclic amines) is 1. The third-order valence-corrected chi connectivity index (χ3v) is 5.10. The number of benzene rings is 2. The van der Waals surface area contributed by atoms with Crippen LogP contribution in [0.3, 0.4) is 0 Å². The molecule has 0 aliphatic carbocycles. The van der Waals surface area contributed by atoms with Crippen LogP contribution in [0, 0.1) is 6.92 Å². The Bertz CT molecular complexity index is 788. The summed E-state index contributed by atoms with van der Waals surface area (Å²) in [7, 11) is 0. The van der Waals surface area contributed by atoms with Crippen LogP contribution in [-0.4, -0.2) is 24.3 Å². The molecule has 0 spiro atoms. The molecule has 1 N–H and O–H groups in total. The molecule has 1 atom stereocenters. The highest BCUT2D eigenvalue weighted by Gasteiger charge is 2.27. The Hall–Kier alpha value is -2.69. The summed E-state index contributed by atoms with van der Waals surface area (Å²) >= 11 is 0. The normalized spacial score (nSPS) is 19.1. The fourth-order valence-corrected chi connectivity index (χ4v) is 3.66. The predicted molar refractivity (Wildman–Crippen MR) is 101 cm³/mol. The SMILES string of the molecule is Cc1ccc([C@H]2CCCCCN2C(=O)Nc2ccc3c(c2)OCO3)cc1. The van der Waals surface area contributed by atoms with Gasteiger partial charge >= 0.3 is 6.03 Å². The highest BCUT2D eigenvalue weighted by atomic mass is 16.7. The predicted octanol–water partition coefficient (Wildman–Crippen LogP) is 4.87. The Labute approximate surface area is 153 Å². The molecule has 5 nitrogen and oxygen atoms in total. The maximum absolute atomic E-state index is 13.0. The lowest BCUT2D eigenvalue weighted by molar-refractivity contribution is 0.174. The van der Waals surface area contributed by atoms with Crippen LogP contribution in [0.15, 0.2) is 42.5 Å². The Balaban J connectivity index is 1.54. The number of aryl methyl sites for hydroxylation is 1. The van der Waals surface area contributed by atoms with Crippen molar-refractivity contribution in [2.24, 2.45) is 0 Å². The van der Waals surface area contributed by atoms with Crippen molar-refractivity contribution < 1.29 is 14.3 Å². The first kappa shape index (κ1) is 16.8. The minimum atomic E-state index is -0.0589. The zero-order chi connectivity index (χ0) is 17.9. The number of nitrogens with zero attached hydrogens (tertiary/aromatic N) is 1. The summed E-state index contributed by atoms with van der Waals surface area (Å²) in [4.78, 5) is 15.0. The summed E-state index contributed by atoms with van der Waals surface area (Å²) in [5, 5.41) is 3.03. The number of nitrogens with one attached hydrogen (secondary N) is 1. The molecule has 1 fully saturated rings. The number of anilines is 1. The fraction of sp³-hybridized carbons (Fsp3) is 0.381. The molecule has 136 valence electrons. The van der Waals surface area contributed by atoms with Crippen LogP contribution in [0.4, 0.5) is 10.5 Å². The molecule has 2 aromatic carbocycles. The summed E-state index contributed by atoms with van der Waals surface area (Å²) in [6.07, 6.45) is 4.34. The zero-order valence-corrected chi connectivity index (χ0v) is 15.0. The van der Waals surface area contributed by atoms with Crippen LogP contribution >= 0.6 is 0 Å². The second-order valence-corrected chi connectivity index (χ2v) is 6.97. The Morgan fingerprint density at radius 3 is 2.69 bits per heavy atom.